The standard InChI is InChI=1S/C12H17N3O3/c1-18-8-7-14-10(11(16)15-12(13)17)9-5-3-2-4-6-9/h2-6,10,14H,7-8H2,1H3,(H3,13,15,16,17)/t10-/m1/s1. The molecule has 0 fully saturated rings. The van der Waals surface area contributed by atoms with Crippen molar-refractivity contribution >= 4 is 11.9 Å². The summed E-state index contributed by atoms with van der Waals surface area (Å²) in [6.45, 7) is 0.954. The van der Waals surface area contributed by atoms with Crippen LogP contribution in [0.25, 0.3) is 0 Å². The van der Waals surface area contributed by atoms with E-state index in [1.165, 1.54) is 0 Å². The first-order chi connectivity index (χ1) is 8.65. The molecule has 1 aromatic carbocycles. The molecular weight excluding hydrogens is 234 g/mol. The number of nitrogens with one attached hydrogen (secondary N) is 2. The van der Waals surface area contributed by atoms with Gasteiger partial charge in [0.2, 0.25) is 5.91 Å². The second-order valence-corrected chi connectivity index (χ2v) is 3.64. The lowest BCUT2D eigenvalue weighted by atomic mass is 10.1. The lowest BCUT2D eigenvalue weighted by Crippen LogP contribution is -2.43. The average Bonchev–Trinajstić information content (AvgIpc) is 2.35. The topological polar surface area (TPSA) is 93.4 Å². The zero-order valence-electron chi connectivity index (χ0n) is 10.2. The molecule has 0 aromatic heterocycles. The van der Waals surface area contributed by atoms with Crippen LogP contribution >= 0.6 is 0 Å². The van der Waals surface area contributed by atoms with Crippen LogP contribution in [-0.2, 0) is 9.53 Å². The number of ether oxygens (including phenoxy) is 1. The highest BCUT2D eigenvalue weighted by Gasteiger charge is 2.20. The minimum absolute atomic E-state index is 0.465. The van der Waals surface area contributed by atoms with E-state index in [9.17, 15) is 9.59 Å². The van der Waals surface area contributed by atoms with Gasteiger partial charge in [-0.3, -0.25) is 15.4 Å². The molecule has 0 unspecified atom stereocenters. The van der Waals surface area contributed by atoms with Gasteiger partial charge in [0.1, 0.15) is 6.04 Å². The van der Waals surface area contributed by atoms with E-state index in [1.54, 1.807) is 19.2 Å². The minimum atomic E-state index is -0.866. The van der Waals surface area contributed by atoms with Crippen molar-refractivity contribution in [1.82, 2.24) is 10.6 Å². The molecule has 0 radical (unpaired) electrons. The molecule has 0 aliphatic carbocycles. The van der Waals surface area contributed by atoms with Crippen molar-refractivity contribution in [3.05, 3.63) is 35.9 Å². The summed E-state index contributed by atoms with van der Waals surface area (Å²) in [5, 5.41) is 5.06. The highest BCUT2D eigenvalue weighted by molar-refractivity contribution is 5.96. The van der Waals surface area contributed by atoms with Crippen LogP contribution in [0.5, 0.6) is 0 Å². The van der Waals surface area contributed by atoms with Gasteiger partial charge in [-0.05, 0) is 5.56 Å². The van der Waals surface area contributed by atoms with Gasteiger partial charge in [-0.15, -0.1) is 0 Å². The Bertz CT molecular complexity index is 395. The maximum absolute atomic E-state index is 11.8. The first kappa shape index (κ1) is 14.1. The van der Waals surface area contributed by atoms with Gasteiger partial charge in [0, 0.05) is 13.7 Å². The Labute approximate surface area is 105 Å². The highest BCUT2D eigenvalue weighted by Crippen LogP contribution is 2.12. The Morgan fingerprint density at radius 2 is 2.00 bits per heavy atom. The molecule has 18 heavy (non-hydrogen) atoms. The van der Waals surface area contributed by atoms with Gasteiger partial charge in [-0.1, -0.05) is 30.3 Å². The van der Waals surface area contributed by atoms with Crippen molar-refractivity contribution < 1.29 is 14.3 Å². The number of urea groups is 1. The number of methoxy groups -OCH3 is 1. The molecule has 6 nitrogen and oxygen atoms in total. The number of primary amides is 1. The maximum atomic E-state index is 11.8. The molecule has 6 heteroatoms. The van der Waals surface area contributed by atoms with E-state index >= 15 is 0 Å². The Kier molecular flexibility index (Phi) is 5.83. The predicted molar refractivity (Wildman–Crippen MR) is 66.8 cm³/mol. The molecule has 3 amide bonds. The number of rotatable bonds is 6. The predicted octanol–water partition coefficient (Wildman–Crippen LogP) is 0.159. The minimum Gasteiger partial charge on any atom is -0.383 e. The fourth-order valence-corrected chi connectivity index (χ4v) is 1.51. The van der Waals surface area contributed by atoms with E-state index in [0.717, 1.165) is 5.56 Å². The second kappa shape index (κ2) is 7.41. The summed E-state index contributed by atoms with van der Waals surface area (Å²) in [5.74, 6) is -0.482. The van der Waals surface area contributed by atoms with Gasteiger partial charge in [0.15, 0.2) is 0 Å². The smallest absolute Gasteiger partial charge is 0.318 e. The molecule has 0 saturated heterocycles. The fraction of sp³-hybridized carbons (Fsp3) is 0.333. The number of carbonyl (C=O) groups is 2. The molecular formula is C12H17N3O3. The molecule has 4 N–H and O–H groups in total. The molecule has 0 aliphatic rings. The Hall–Kier alpha value is -1.92. The number of hydrogen-bond donors (Lipinski definition) is 3. The SMILES string of the molecule is COCCN[C@@H](C(=O)NC(N)=O)c1ccccc1. The van der Waals surface area contributed by atoms with Crippen molar-refractivity contribution in [3.8, 4) is 0 Å². The summed E-state index contributed by atoms with van der Waals surface area (Å²) in [6, 6.07) is 7.58. The summed E-state index contributed by atoms with van der Waals surface area (Å²) in [4.78, 5) is 22.5. The third kappa shape index (κ3) is 4.52. The summed E-state index contributed by atoms with van der Waals surface area (Å²) in [6.07, 6.45) is 0. The zero-order valence-corrected chi connectivity index (χ0v) is 10.2. The summed E-state index contributed by atoms with van der Waals surface area (Å²) < 4.78 is 4.90. The maximum Gasteiger partial charge on any atom is 0.318 e. The van der Waals surface area contributed by atoms with Crippen LogP contribution in [-0.4, -0.2) is 32.2 Å². The van der Waals surface area contributed by atoms with Crippen LogP contribution < -0.4 is 16.4 Å². The van der Waals surface area contributed by atoms with Gasteiger partial charge >= 0.3 is 6.03 Å². The molecule has 1 atom stereocenters. The monoisotopic (exact) mass is 251 g/mol. The highest BCUT2D eigenvalue weighted by atomic mass is 16.5. The van der Waals surface area contributed by atoms with E-state index in [4.69, 9.17) is 10.5 Å². The molecule has 0 heterocycles. The molecule has 1 aromatic rings. The van der Waals surface area contributed by atoms with Crippen LogP contribution in [0, 0.1) is 0 Å². The zero-order chi connectivity index (χ0) is 13.4. The van der Waals surface area contributed by atoms with Crippen LogP contribution in [0.2, 0.25) is 0 Å². The largest absolute Gasteiger partial charge is 0.383 e. The van der Waals surface area contributed by atoms with E-state index in [0.29, 0.717) is 13.2 Å². The average molecular weight is 251 g/mol. The number of amides is 3. The van der Waals surface area contributed by atoms with Crippen molar-refractivity contribution in [1.29, 1.82) is 0 Å². The third-order valence-electron chi connectivity index (χ3n) is 2.30. The third-order valence-corrected chi connectivity index (χ3v) is 2.30. The van der Waals surface area contributed by atoms with E-state index in [2.05, 4.69) is 10.6 Å². The van der Waals surface area contributed by atoms with Gasteiger partial charge in [-0.2, -0.15) is 0 Å². The van der Waals surface area contributed by atoms with E-state index in [-0.39, 0.29) is 0 Å². The number of carbonyl (C=O) groups excluding carboxylic acids is 2. The summed E-state index contributed by atoms with van der Waals surface area (Å²) >= 11 is 0. The van der Waals surface area contributed by atoms with Crippen molar-refractivity contribution in [2.24, 2.45) is 5.73 Å². The Morgan fingerprint density at radius 1 is 1.33 bits per heavy atom. The van der Waals surface area contributed by atoms with Crippen LogP contribution in [0.15, 0.2) is 30.3 Å². The van der Waals surface area contributed by atoms with E-state index in [1.807, 2.05) is 18.2 Å². The quantitative estimate of drug-likeness (QED) is 0.628. The van der Waals surface area contributed by atoms with Crippen LogP contribution in [0.1, 0.15) is 11.6 Å². The van der Waals surface area contributed by atoms with Crippen LogP contribution in [0.4, 0.5) is 4.79 Å². The van der Waals surface area contributed by atoms with Crippen molar-refractivity contribution in [3.63, 3.8) is 0 Å². The first-order valence-electron chi connectivity index (χ1n) is 5.52. The molecule has 1 rings (SSSR count). The number of imide groups is 1. The second-order valence-electron chi connectivity index (χ2n) is 3.64. The molecule has 0 saturated carbocycles. The van der Waals surface area contributed by atoms with Gasteiger partial charge < -0.3 is 10.5 Å². The van der Waals surface area contributed by atoms with E-state index < -0.39 is 18.0 Å². The van der Waals surface area contributed by atoms with Crippen molar-refractivity contribution in [2.75, 3.05) is 20.3 Å². The number of benzene rings is 1. The lowest BCUT2D eigenvalue weighted by Gasteiger charge is -2.17. The van der Waals surface area contributed by atoms with Gasteiger partial charge in [0.25, 0.3) is 0 Å². The molecule has 0 bridgehead atoms. The fourth-order valence-electron chi connectivity index (χ4n) is 1.51. The molecule has 98 valence electrons. The van der Waals surface area contributed by atoms with Gasteiger partial charge in [-0.25, -0.2) is 4.79 Å². The van der Waals surface area contributed by atoms with Gasteiger partial charge in [0.05, 0.1) is 6.61 Å². The summed E-state index contributed by atoms with van der Waals surface area (Å²) in [5.41, 5.74) is 5.70. The normalized spacial score (nSPS) is 11.8. The number of hydrogen-bond acceptors (Lipinski definition) is 4. The van der Waals surface area contributed by atoms with Crippen LogP contribution in [0.3, 0.4) is 0 Å². The van der Waals surface area contributed by atoms with Crippen molar-refractivity contribution in [2.45, 2.75) is 6.04 Å². The summed E-state index contributed by atoms with van der Waals surface area (Å²) in [7, 11) is 1.57. The Morgan fingerprint density at radius 3 is 2.56 bits per heavy atom. The molecule has 0 aliphatic heterocycles. The lowest BCUT2D eigenvalue weighted by molar-refractivity contribution is -0.122. The first-order valence-corrected chi connectivity index (χ1v) is 5.52. The number of nitrogens with two attached hydrogens (primary N) is 1. The Balaban J connectivity index is 2.75. The molecule has 0 spiro atoms.